The number of carbonyl (C=O) groups is 1. The number of hydrogen-bond donors (Lipinski definition) is 1. The number of thiophene rings is 1. The van der Waals surface area contributed by atoms with Crippen LogP contribution in [-0.4, -0.2) is 23.9 Å². The van der Waals surface area contributed by atoms with Crippen molar-refractivity contribution in [1.82, 2.24) is 5.32 Å². The van der Waals surface area contributed by atoms with Gasteiger partial charge in [-0.2, -0.15) is 0 Å². The molecule has 1 N–H and O–H groups in total. The maximum Gasteiger partial charge on any atom is 0.293 e. The second kappa shape index (κ2) is 7.65. The molecule has 2 aromatic rings. The first-order chi connectivity index (χ1) is 12.0. The summed E-state index contributed by atoms with van der Waals surface area (Å²) in [5.41, 5.74) is 0.919. The van der Waals surface area contributed by atoms with Gasteiger partial charge in [-0.05, 0) is 42.3 Å². The molecule has 6 nitrogen and oxygen atoms in total. The molecular formula is C18H21N3O3S. The highest BCUT2D eigenvalue weighted by Gasteiger charge is 2.24. The summed E-state index contributed by atoms with van der Waals surface area (Å²) in [4.78, 5) is 26.5. The Morgan fingerprint density at radius 3 is 2.76 bits per heavy atom. The standard InChI is InChI=1S/C18H21N3O3S/c1-13-6-8-20(9-7-13)16-5-4-14(11-17(16)21(23)24)18(22)19-12-15-3-2-10-25-15/h2-5,10-11,13H,6-9,12H2,1H3,(H,19,22). The summed E-state index contributed by atoms with van der Waals surface area (Å²) < 4.78 is 0. The Balaban J connectivity index is 1.76. The molecule has 0 atom stereocenters. The van der Waals surface area contributed by atoms with Crippen molar-refractivity contribution in [3.63, 3.8) is 0 Å². The molecule has 0 unspecified atom stereocenters. The van der Waals surface area contributed by atoms with Crippen molar-refractivity contribution >= 4 is 28.6 Å². The maximum absolute atomic E-state index is 12.3. The molecule has 0 saturated carbocycles. The third-order valence-corrected chi connectivity index (χ3v) is 5.44. The second-order valence-electron chi connectivity index (χ2n) is 6.39. The molecule has 2 heterocycles. The van der Waals surface area contributed by atoms with E-state index in [1.807, 2.05) is 22.4 Å². The Kier molecular flexibility index (Phi) is 5.33. The van der Waals surface area contributed by atoms with Crippen molar-refractivity contribution in [2.45, 2.75) is 26.3 Å². The Hall–Kier alpha value is -2.41. The van der Waals surface area contributed by atoms with Crippen molar-refractivity contribution in [3.05, 3.63) is 56.3 Å². The van der Waals surface area contributed by atoms with Crippen LogP contribution in [0.15, 0.2) is 35.7 Å². The van der Waals surface area contributed by atoms with Gasteiger partial charge in [-0.15, -0.1) is 11.3 Å². The van der Waals surface area contributed by atoms with E-state index >= 15 is 0 Å². The number of nitro benzene ring substituents is 1. The van der Waals surface area contributed by atoms with Gasteiger partial charge in [0.25, 0.3) is 11.6 Å². The number of hydrogen-bond acceptors (Lipinski definition) is 5. The van der Waals surface area contributed by atoms with Crippen molar-refractivity contribution in [3.8, 4) is 0 Å². The van der Waals surface area contributed by atoms with Crippen LogP contribution in [-0.2, 0) is 6.54 Å². The molecule has 1 fully saturated rings. The Morgan fingerprint density at radius 1 is 1.36 bits per heavy atom. The molecule has 0 aliphatic carbocycles. The molecule has 132 valence electrons. The summed E-state index contributed by atoms with van der Waals surface area (Å²) in [5.74, 6) is 0.355. The highest BCUT2D eigenvalue weighted by molar-refractivity contribution is 7.09. The zero-order chi connectivity index (χ0) is 17.8. The normalized spacial score (nSPS) is 15.2. The lowest BCUT2D eigenvalue weighted by atomic mass is 9.98. The molecule has 7 heteroatoms. The highest BCUT2D eigenvalue weighted by Crippen LogP contribution is 2.32. The summed E-state index contributed by atoms with van der Waals surface area (Å²) in [6, 6.07) is 8.62. The molecule has 1 aliphatic heterocycles. The first-order valence-electron chi connectivity index (χ1n) is 8.38. The van der Waals surface area contributed by atoms with Gasteiger partial charge in [0.2, 0.25) is 0 Å². The summed E-state index contributed by atoms with van der Waals surface area (Å²) >= 11 is 1.56. The molecule has 0 spiro atoms. The van der Waals surface area contributed by atoms with Gasteiger partial charge in [0.1, 0.15) is 5.69 Å². The van der Waals surface area contributed by atoms with E-state index in [9.17, 15) is 14.9 Å². The maximum atomic E-state index is 12.3. The first-order valence-corrected chi connectivity index (χ1v) is 9.26. The minimum atomic E-state index is -0.399. The largest absolute Gasteiger partial charge is 0.366 e. The minimum Gasteiger partial charge on any atom is -0.366 e. The van der Waals surface area contributed by atoms with Crippen LogP contribution < -0.4 is 10.2 Å². The fourth-order valence-electron chi connectivity index (χ4n) is 3.01. The summed E-state index contributed by atoms with van der Waals surface area (Å²) in [6.07, 6.45) is 2.06. The van der Waals surface area contributed by atoms with Crippen LogP contribution in [0.2, 0.25) is 0 Å². The zero-order valence-corrected chi connectivity index (χ0v) is 14.9. The predicted octanol–water partition coefficient (Wildman–Crippen LogP) is 3.82. The number of piperidine rings is 1. The fraction of sp³-hybridized carbons (Fsp3) is 0.389. The van der Waals surface area contributed by atoms with E-state index < -0.39 is 4.92 Å². The summed E-state index contributed by atoms with van der Waals surface area (Å²) in [7, 11) is 0. The highest BCUT2D eigenvalue weighted by atomic mass is 32.1. The summed E-state index contributed by atoms with van der Waals surface area (Å²) in [5, 5.41) is 16.2. The van der Waals surface area contributed by atoms with Gasteiger partial charge in [0.15, 0.2) is 0 Å². The SMILES string of the molecule is CC1CCN(c2ccc(C(=O)NCc3cccs3)cc2[N+](=O)[O-])CC1. The van der Waals surface area contributed by atoms with Gasteiger partial charge in [-0.25, -0.2) is 0 Å². The van der Waals surface area contributed by atoms with Gasteiger partial charge >= 0.3 is 0 Å². The van der Waals surface area contributed by atoms with Crippen LogP contribution in [0, 0.1) is 16.0 Å². The fourth-order valence-corrected chi connectivity index (χ4v) is 3.65. The molecule has 1 amide bonds. The lowest BCUT2D eigenvalue weighted by molar-refractivity contribution is -0.384. The Labute approximate surface area is 150 Å². The average Bonchev–Trinajstić information content (AvgIpc) is 3.13. The molecule has 25 heavy (non-hydrogen) atoms. The van der Waals surface area contributed by atoms with Crippen LogP contribution >= 0.6 is 11.3 Å². The van der Waals surface area contributed by atoms with E-state index in [4.69, 9.17) is 0 Å². The average molecular weight is 359 g/mol. The van der Waals surface area contributed by atoms with E-state index in [1.165, 1.54) is 6.07 Å². The molecule has 1 aliphatic rings. The summed E-state index contributed by atoms with van der Waals surface area (Å²) in [6.45, 7) is 4.25. The molecule has 0 radical (unpaired) electrons. The van der Waals surface area contributed by atoms with Crippen LogP contribution in [0.4, 0.5) is 11.4 Å². The molecule has 1 aromatic heterocycles. The molecule has 1 saturated heterocycles. The number of nitro groups is 1. The third-order valence-electron chi connectivity index (χ3n) is 4.56. The van der Waals surface area contributed by atoms with Crippen LogP contribution in [0.1, 0.15) is 35.0 Å². The Morgan fingerprint density at radius 2 is 2.12 bits per heavy atom. The quantitative estimate of drug-likeness (QED) is 0.650. The van der Waals surface area contributed by atoms with Gasteiger partial charge < -0.3 is 10.2 Å². The van der Waals surface area contributed by atoms with Crippen molar-refractivity contribution in [1.29, 1.82) is 0 Å². The second-order valence-corrected chi connectivity index (χ2v) is 7.42. The monoisotopic (exact) mass is 359 g/mol. The van der Waals surface area contributed by atoms with Gasteiger partial charge in [0, 0.05) is 29.6 Å². The zero-order valence-electron chi connectivity index (χ0n) is 14.1. The minimum absolute atomic E-state index is 0.00155. The Bertz CT molecular complexity index is 753. The number of carbonyl (C=O) groups excluding carboxylic acids is 1. The number of anilines is 1. The smallest absolute Gasteiger partial charge is 0.293 e. The van der Waals surface area contributed by atoms with Crippen LogP contribution in [0.5, 0.6) is 0 Å². The van der Waals surface area contributed by atoms with Crippen molar-refractivity contribution < 1.29 is 9.72 Å². The number of rotatable bonds is 5. The molecular weight excluding hydrogens is 338 g/mol. The van der Waals surface area contributed by atoms with E-state index in [1.54, 1.807) is 23.5 Å². The molecule has 1 aromatic carbocycles. The van der Waals surface area contributed by atoms with Crippen LogP contribution in [0.25, 0.3) is 0 Å². The number of nitrogens with zero attached hydrogens (tertiary/aromatic N) is 2. The van der Waals surface area contributed by atoms with Crippen molar-refractivity contribution in [2.24, 2.45) is 5.92 Å². The van der Waals surface area contributed by atoms with Gasteiger partial charge in [0.05, 0.1) is 11.5 Å². The molecule has 3 rings (SSSR count). The molecule has 0 bridgehead atoms. The van der Waals surface area contributed by atoms with E-state index in [0.29, 0.717) is 23.7 Å². The van der Waals surface area contributed by atoms with Gasteiger partial charge in [-0.1, -0.05) is 13.0 Å². The van der Waals surface area contributed by atoms with Crippen molar-refractivity contribution in [2.75, 3.05) is 18.0 Å². The number of benzene rings is 1. The number of nitrogens with one attached hydrogen (secondary N) is 1. The number of amides is 1. The van der Waals surface area contributed by atoms with E-state index in [-0.39, 0.29) is 11.6 Å². The van der Waals surface area contributed by atoms with Crippen LogP contribution in [0.3, 0.4) is 0 Å². The van der Waals surface area contributed by atoms with E-state index in [0.717, 1.165) is 30.8 Å². The first kappa shape index (κ1) is 17.4. The lowest BCUT2D eigenvalue weighted by Gasteiger charge is -2.31. The lowest BCUT2D eigenvalue weighted by Crippen LogP contribution is -2.33. The van der Waals surface area contributed by atoms with E-state index in [2.05, 4.69) is 12.2 Å². The predicted molar refractivity (Wildman–Crippen MR) is 99.2 cm³/mol. The topological polar surface area (TPSA) is 75.5 Å². The third kappa shape index (κ3) is 4.17. The van der Waals surface area contributed by atoms with Gasteiger partial charge in [-0.3, -0.25) is 14.9 Å².